The predicted molar refractivity (Wildman–Crippen MR) is 101 cm³/mol. The van der Waals surface area contributed by atoms with Crippen molar-refractivity contribution in [3.63, 3.8) is 0 Å². The minimum Gasteiger partial charge on any atom is -0.506 e. The molecule has 0 aliphatic rings. The zero-order valence-corrected chi connectivity index (χ0v) is 15.5. The third kappa shape index (κ3) is 6.69. The molecule has 0 aromatic heterocycles. The summed E-state index contributed by atoms with van der Waals surface area (Å²) in [6.07, 6.45) is 1.41. The van der Waals surface area contributed by atoms with Crippen LogP contribution in [0.4, 0.5) is 5.69 Å². The Kier molecular flexibility index (Phi) is 6.74. The van der Waals surface area contributed by atoms with E-state index in [1.165, 1.54) is 12.1 Å². The highest BCUT2D eigenvalue weighted by molar-refractivity contribution is 9.10. The predicted octanol–water partition coefficient (Wildman–Crippen LogP) is 3.07. The second kappa shape index (κ2) is 8.80. The van der Waals surface area contributed by atoms with Gasteiger partial charge in [-0.3, -0.25) is 4.79 Å². The molecule has 0 aliphatic carbocycles. The number of rotatable bonds is 7. The SMILES string of the molecule is O=C(CCNS(=O)(=O)/C=C/c1ccccc1)Nc1ccc(Br)cc1O. The van der Waals surface area contributed by atoms with Gasteiger partial charge in [0, 0.05) is 22.8 Å². The number of anilines is 1. The Morgan fingerprint density at radius 3 is 2.56 bits per heavy atom. The second-order valence-electron chi connectivity index (χ2n) is 5.11. The molecule has 0 fully saturated rings. The van der Waals surface area contributed by atoms with E-state index < -0.39 is 15.9 Å². The lowest BCUT2D eigenvalue weighted by Gasteiger charge is -2.08. The molecule has 6 nitrogen and oxygen atoms in total. The van der Waals surface area contributed by atoms with E-state index in [0.717, 1.165) is 11.0 Å². The van der Waals surface area contributed by atoms with Gasteiger partial charge in [-0.05, 0) is 29.8 Å². The van der Waals surface area contributed by atoms with Gasteiger partial charge in [0.25, 0.3) is 0 Å². The number of aromatic hydroxyl groups is 1. The van der Waals surface area contributed by atoms with Crippen LogP contribution in [0.3, 0.4) is 0 Å². The molecule has 8 heteroatoms. The molecule has 0 radical (unpaired) electrons. The van der Waals surface area contributed by atoms with Crippen molar-refractivity contribution >= 4 is 43.6 Å². The van der Waals surface area contributed by atoms with Gasteiger partial charge in [-0.15, -0.1) is 0 Å². The Bertz CT molecular complexity index is 867. The molecule has 1 amide bonds. The first-order valence-electron chi connectivity index (χ1n) is 7.37. The summed E-state index contributed by atoms with van der Waals surface area (Å²) >= 11 is 3.20. The molecule has 0 aliphatic heterocycles. The summed E-state index contributed by atoms with van der Waals surface area (Å²) in [5.41, 5.74) is 1.02. The van der Waals surface area contributed by atoms with Crippen molar-refractivity contribution in [3.05, 3.63) is 64.0 Å². The maximum atomic E-state index is 11.9. The van der Waals surface area contributed by atoms with Crippen molar-refractivity contribution in [2.24, 2.45) is 0 Å². The number of halogens is 1. The first kappa shape index (κ1) is 19.2. The van der Waals surface area contributed by atoms with Crippen LogP contribution in [0, 0.1) is 0 Å². The third-order valence-corrected chi connectivity index (χ3v) is 4.72. The molecule has 0 heterocycles. The Labute approximate surface area is 154 Å². The summed E-state index contributed by atoms with van der Waals surface area (Å²) in [6.45, 7) is -0.0510. The van der Waals surface area contributed by atoms with Gasteiger partial charge < -0.3 is 10.4 Å². The fourth-order valence-electron chi connectivity index (χ4n) is 1.91. The molecule has 2 aromatic carbocycles. The number of phenols is 1. The van der Waals surface area contributed by atoms with Crippen molar-refractivity contribution in [2.75, 3.05) is 11.9 Å². The minimum atomic E-state index is -3.63. The molecule has 0 saturated carbocycles. The molecule has 2 aromatic rings. The molecule has 25 heavy (non-hydrogen) atoms. The summed E-state index contributed by atoms with van der Waals surface area (Å²) in [5.74, 6) is -0.485. The lowest BCUT2D eigenvalue weighted by atomic mass is 10.2. The Balaban J connectivity index is 1.82. The molecule has 3 N–H and O–H groups in total. The number of carbonyl (C=O) groups excluding carboxylic acids is 1. The van der Waals surface area contributed by atoms with Crippen LogP contribution < -0.4 is 10.0 Å². The van der Waals surface area contributed by atoms with E-state index in [0.29, 0.717) is 4.47 Å². The van der Waals surface area contributed by atoms with E-state index in [1.54, 1.807) is 24.3 Å². The van der Waals surface area contributed by atoms with Crippen molar-refractivity contribution in [1.29, 1.82) is 0 Å². The van der Waals surface area contributed by atoms with E-state index in [2.05, 4.69) is 26.0 Å². The number of hydrogen-bond donors (Lipinski definition) is 3. The van der Waals surface area contributed by atoms with Crippen LogP contribution in [0.15, 0.2) is 58.4 Å². The number of phenolic OH excluding ortho intramolecular Hbond substituents is 1. The second-order valence-corrected chi connectivity index (χ2v) is 7.68. The smallest absolute Gasteiger partial charge is 0.233 e. The highest BCUT2D eigenvalue weighted by Crippen LogP contribution is 2.26. The largest absolute Gasteiger partial charge is 0.506 e. The van der Waals surface area contributed by atoms with E-state index in [4.69, 9.17) is 0 Å². The summed E-state index contributed by atoms with van der Waals surface area (Å²) in [5, 5.41) is 13.3. The first-order chi connectivity index (χ1) is 11.9. The van der Waals surface area contributed by atoms with Gasteiger partial charge in [-0.25, -0.2) is 13.1 Å². The molecule has 0 atom stereocenters. The van der Waals surface area contributed by atoms with E-state index >= 15 is 0 Å². The summed E-state index contributed by atoms with van der Waals surface area (Å²) in [7, 11) is -3.63. The third-order valence-electron chi connectivity index (χ3n) is 3.13. The van der Waals surface area contributed by atoms with Crippen molar-refractivity contribution in [3.8, 4) is 5.75 Å². The average molecular weight is 425 g/mol. The molecule has 132 valence electrons. The lowest BCUT2D eigenvalue weighted by molar-refractivity contribution is -0.116. The van der Waals surface area contributed by atoms with Crippen molar-refractivity contribution in [2.45, 2.75) is 6.42 Å². The fourth-order valence-corrected chi connectivity index (χ4v) is 3.08. The molecule has 0 spiro atoms. The van der Waals surface area contributed by atoms with Crippen molar-refractivity contribution < 1.29 is 18.3 Å². The van der Waals surface area contributed by atoms with Crippen LogP contribution >= 0.6 is 15.9 Å². The number of benzene rings is 2. The summed E-state index contributed by atoms with van der Waals surface area (Å²) in [4.78, 5) is 11.8. The van der Waals surface area contributed by atoms with Crippen LogP contribution in [-0.2, 0) is 14.8 Å². The molecular formula is C17H17BrN2O4S. The Morgan fingerprint density at radius 2 is 1.88 bits per heavy atom. The van der Waals surface area contributed by atoms with Crippen LogP contribution in [0.25, 0.3) is 6.08 Å². The zero-order valence-electron chi connectivity index (χ0n) is 13.1. The van der Waals surface area contributed by atoms with Gasteiger partial charge in [0.05, 0.1) is 5.69 Å². The number of nitrogens with one attached hydrogen (secondary N) is 2. The van der Waals surface area contributed by atoms with Crippen LogP contribution in [0.1, 0.15) is 12.0 Å². The molecule has 2 rings (SSSR count). The number of carbonyl (C=O) groups is 1. The van der Waals surface area contributed by atoms with Gasteiger partial charge >= 0.3 is 0 Å². The monoisotopic (exact) mass is 424 g/mol. The number of sulfonamides is 1. The summed E-state index contributed by atoms with van der Waals surface area (Å²) < 4.78 is 26.7. The van der Waals surface area contributed by atoms with Gasteiger partial charge in [0.1, 0.15) is 5.75 Å². The first-order valence-corrected chi connectivity index (χ1v) is 9.71. The molecule has 0 unspecified atom stereocenters. The standard InChI is InChI=1S/C17H17BrN2O4S/c18-14-6-7-15(16(21)12-14)20-17(22)8-10-19-25(23,24)11-9-13-4-2-1-3-5-13/h1-7,9,11-12,19,21H,8,10H2,(H,20,22)/b11-9+. The molecule has 0 bridgehead atoms. The zero-order chi connectivity index (χ0) is 18.3. The lowest BCUT2D eigenvalue weighted by Crippen LogP contribution is -2.26. The topological polar surface area (TPSA) is 95.5 Å². The maximum absolute atomic E-state index is 11.9. The van der Waals surface area contributed by atoms with Gasteiger partial charge in [-0.2, -0.15) is 0 Å². The summed E-state index contributed by atoms with van der Waals surface area (Å²) in [6, 6.07) is 13.7. The maximum Gasteiger partial charge on any atom is 0.233 e. The highest BCUT2D eigenvalue weighted by Gasteiger charge is 2.09. The number of hydrogen-bond acceptors (Lipinski definition) is 4. The van der Waals surface area contributed by atoms with Crippen LogP contribution in [0.2, 0.25) is 0 Å². The van der Waals surface area contributed by atoms with Crippen LogP contribution in [0.5, 0.6) is 5.75 Å². The van der Waals surface area contributed by atoms with Crippen molar-refractivity contribution in [1.82, 2.24) is 4.72 Å². The van der Waals surface area contributed by atoms with E-state index in [-0.39, 0.29) is 24.4 Å². The van der Waals surface area contributed by atoms with E-state index in [1.807, 2.05) is 18.2 Å². The molecular weight excluding hydrogens is 408 g/mol. The van der Waals surface area contributed by atoms with Crippen LogP contribution in [-0.4, -0.2) is 26.0 Å². The highest BCUT2D eigenvalue weighted by atomic mass is 79.9. The van der Waals surface area contributed by atoms with E-state index in [9.17, 15) is 18.3 Å². The van der Waals surface area contributed by atoms with Gasteiger partial charge in [0.15, 0.2) is 0 Å². The fraction of sp³-hybridized carbons (Fsp3) is 0.118. The quantitative estimate of drug-likeness (QED) is 0.595. The molecule has 0 saturated heterocycles. The Morgan fingerprint density at radius 1 is 1.16 bits per heavy atom. The van der Waals surface area contributed by atoms with Gasteiger partial charge in [0.2, 0.25) is 15.9 Å². The Hall–Kier alpha value is -2.16. The normalized spacial score (nSPS) is 11.6. The van der Waals surface area contributed by atoms with Gasteiger partial charge in [-0.1, -0.05) is 46.3 Å². The minimum absolute atomic E-state index is 0.0510. The average Bonchev–Trinajstić information content (AvgIpc) is 2.56. The number of amides is 1.